The molecular formula is C23H31N3. The molecule has 1 fully saturated rings. The highest BCUT2D eigenvalue weighted by molar-refractivity contribution is 6.08. The molecule has 1 aliphatic rings. The molecule has 0 amide bonds. The molecule has 0 saturated carbocycles. The Morgan fingerprint density at radius 1 is 0.962 bits per heavy atom. The van der Waals surface area contributed by atoms with E-state index >= 15 is 0 Å². The summed E-state index contributed by atoms with van der Waals surface area (Å²) < 4.78 is 2.44. The molecule has 1 N–H and O–H groups in total. The van der Waals surface area contributed by atoms with E-state index in [0.29, 0.717) is 6.04 Å². The van der Waals surface area contributed by atoms with Gasteiger partial charge in [-0.2, -0.15) is 0 Å². The SMILES string of the molecule is CCn1c2ccccc2c2cc([C@H](N3CCNCC3)C(C)(C)C)ccc21. The average Bonchev–Trinajstić information content (AvgIpc) is 2.95. The molecule has 0 aliphatic carbocycles. The zero-order valence-corrected chi connectivity index (χ0v) is 16.5. The van der Waals surface area contributed by atoms with Crippen molar-refractivity contribution in [3.8, 4) is 0 Å². The first-order chi connectivity index (χ1) is 12.5. The van der Waals surface area contributed by atoms with Crippen LogP contribution in [0.5, 0.6) is 0 Å². The first kappa shape index (κ1) is 17.6. The summed E-state index contributed by atoms with van der Waals surface area (Å²) in [4.78, 5) is 2.66. The molecule has 2 heterocycles. The van der Waals surface area contributed by atoms with Gasteiger partial charge in [-0.15, -0.1) is 0 Å². The van der Waals surface area contributed by atoms with Gasteiger partial charge in [0.1, 0.15) is 0 Å². The number of hydrogen-bond donors (Lipinski definition) is 1. The summed E-state index contributed by atoms with van der Waals surface area (Å²) in [6, 6.07) is 16.4. The molecule has 1 atom stereocenters. The van der Waals surface area contributed by atoms with E-state index in [9.17, 15) is 0 Å². The minimum atomic E-state index is 0.203. The molecule has 0 spiro atoms. The van der Waals surface area contributed by atoms with E-state index in [2.05, 4.69) is 84.9 Å². The molecule has 1 aliphatic heterocycles. The third kappa shape index (κ3) is 2.93. The van der Waals surface area contributed by atoms with Gasteiger partial charge in [0.2, 0.25) is 0 Å². The number of benzene rings is 2. The van der Waals surface area contributed by atoms with Crippen molar-refractivity contribution in [2.24, 2.45) is 5.41 Å². The smallest absolute Gasteiger partial charge is 0.0491 e. The molecule has 1 saturated heterocycles. The lowest BCUT2D eigenvalue weighted by atomic mass is 9.80. The van der Waals surface area contributed by atoms with Crippen molar-refractivity contribution in [2.45, 2.75) is 40.3 Å². The number of aryl methyl sites for hydroxylation is 1. The second kappa shape index (κ2) is 6.71. The summed E-state index contributed by atoms with van der Waals surface area (Å²) in [7, 11) is 0. The van der Waals surface area contributed by atoms with Gasteiger partial charge in [0, 0.05) is 60.6 Å². The molecule has 138 valence electrons. The van der Waals surface area contributed by atoms with Gasteiger partial charge in [-0.25, -0.2) is 0 Å². The Bertz CT molecular complexity index is 910. The summed E-state index contributed by atoms with van der Waals surface area (Å²) in [5.41, 5.74) is 4.35. The number of piperazine rings is 1. The minimum absolute atomic E-state index is 0.203. The van der Waals surface area contributed by atoms with E-state index in [1.165, 1.54) is 27.4 Å². The molecule has 4 rings (SSSR count). The molecule has 3 aromatic rings. The Balaban J connectivity index is 1.88. The minimum Gasteiger partial charge on any atom is -0.341 e. The van der Waals surface area contributed by atoms with Crippen molar-refractivity contribution >= 4 is 21.8 Å². The van der Waals surface area contributed by atoms with Crippen LogP contribution in [0, 0.1) is 5.41 Å². The van der Waals surface area contributed by atoms with Crippen LogP contribution < -0.4 is 5.32 Å². The van der Waals surface area contributed by atoms with Gasteiger partial charge in [0.05, 0.1) is 0 Å². The molecule has 26 heavy (non-hydrogen) atoms. The first-order valence-electron chi connectivity index (χ1n) is 9.96. The Kier molecular flexibility index (Phi) is 4.54. The first-order valence-corrected chi connectivity index (χ1v) is 9.96. The van der Waals surface area contributed by atoms with E-state index in [1.54, 1.807) is 0 Å². The van der Waals surface area contributed by atoms with E-state index < -0.39 is 0 Å². The van der Waals surface area contributed by atoms with Crippen molar-refractivity contribution < 1.29 is 0 Å². The number of hydrogen-bond acceptors (Lipinski definition) is 2. The lowest BCUT2D eigenvalue weighted by molar-refractivity contribution is 0.0863. The Morgan fingerprint density at radius 2 is 1.65 bits per heavy atom. The Labute approximate surface area is 157 Å². The van der Waals surface area contributed by atoms with Crippen LogP contribution in [-0.2, 0) is 6.54 Å². The summed E-state index contributed by atoms with van der Waals surface area (Å²) >= 11 is 0. The number of fused-ring (bicyclic) bond motifs is 3. The predicted octanol–water partition coefficient (Wildman–Crippen LogP) is 4.81. The second-order valence-electron chi connectivity index (χ2n) is 8.59. The number of nitrogens with zero attached hydrogens (tertiary/aromatic N) is 2. The standard InChI is InChI=1S/C23H31N3/c1-5-26-20-9-7-6-8-18(20)19-16-17(10-11-21(19)26)22(23(2,3)4)25-14-12-24-13-15-25/h6-11,16,22,24H,5,12-15H2,1-4H3/t22-/m0/s1. The number of para-hydroxylation sites is 1. The zero-order chi connectivity index (χ0) is 18.3. The van der Waals surface area contributed by atoms with Crippen LogP contribution in [0.25, 0.3) is 21.8 Å². The molecule has 3 heteroatoms. The van der Waals surface area contributed by atoms with Crippen molar-refractivity contribution in [3.05, 3.63) is 48.0 Å². The maximum Gasteiger partial charge on any atom is 0.0491 e. The lowest BCUT2D eigenvalue weighted by Crippen LogP contribution is -2.48. The number of aromatic nitrogens is 1. The van der Waals surface area contributed by atoms with Crippen LogP contribution in [0.2, 0.25) is 0 Å². The largest absolute Gasteiger partial charge is 0.341 e. The highest BCUT2D eigenvalue weighted by Crippen LogP contribution is 2.40. The summed E-state index contributed by atoms with van der Waals surface area (Å²) in [6.45, 7) is 14.8. The summed E-state index contributed by atoms with van der Waals surface area (Å²) in [6.07, 6.45) is 0. The molecule has 0 radical (unpaired) electrons. The normalized spacial score (nSPS) is 17.8. The van der Waals surface area contributed by atoms with Crippen LogP contribution in [0.15, 0.2) is 42.5 Å². The highest BCUT2D eigenvalue weighted by atomic mass is 15.2. The van der Waals surface area contributed by atoms with Crippen LogP contribution >= 0.6 is 0 Å². The third-order valence-electron chi connectivity index (χ3n) is 5.77. The topological polar surface area (TPSA) is 20.2 Å². The van der Waals surface area contributed by atoms with Gasteiger partial charge in [0.15, 0.2) is 0 Å². The average molecular weight is 350 g/mol. The van der Waals surface area contributed by atoms with E-state index in [0.717, 1.165) is 32.7 Å². The Hall–Kier alpha value is -1.84. The maximum atomic E-state index is 3.49. The van der Waals surface area contributed by atoms with Crippen LogP contribution in [0.4, 0.5) is 0 Å². The second-order valence-corrected chi connectivity index (χ2v) is 8.59. The Morgan fingerprint density at radius 3 is 2.35 bits per heavy atom. The number of rotatable bonds is 3. The van der Waals surface area contributed by atoms with Gasteiger partial charge in [-0.1, -0.05) is 45.0 Å². The molecule has 2 aromatic carbocycles. The van der Waals surface area contributed by atoms with Gasteiger partial charge < -0.3 is 9.88 Å². The van der Waals surface area contributed by atoms with Gasteiger partial charge in [-0.3, -0.25) is 4.90 Å². The van der Waals surface area contributed by atoms with E-state index in [-0.39, 0.29) is 5.41 Å². The van der Waals surface area contributed by atoms with Crippen molar-refractivity contribution in [1.29, 1.82) is 0 Å². The van der Waals surface area contributed by atoms with Crippen LogP contribution in [-0.4, -0.2) is 35.6 Å². The maximum absolute atomic E-state index is 3.49. The van der Waals surface area contributed by atoms with Crippen molar-refractivity contribution in [3.63, 3.8) is 0 Å². The zero-order valence-electron chi connectivity index (χ0n) is 16.5. The highest BCUT2D eigenvalue weighted by Gasteiger charge is 2.32. The van der Waals surface area contributed by atoms with E-state index in [1.807, 2.05) is 0 Å². The van der Waals surface area contributed by atoms with Crippen molar-refractivity contribution in [2.75, 3.05) is 26.2 Å². The van der Waals surface area contributed by atoms with Gasteiger partial charge in [-0.05, 0) is 36.1 Å². The fourth-order valence-electron chi connectivity index (χ4n) is 4.78. The quantitative estimate of drug-likeness (QED) is 0.732. The van der Waals surface area contributed by atoms with Crippen LogP contribution in [0.1, 0.15) is 39.3 Å². The van der Waals surface area contributed by atoms with E-state index in [4.69, 9.17) is 0 Å². The summed E-state index contributed by atoms with van der Waals surface area (Å²) in [5.74, 6) is 0. The van der Waals surface area contributed by atoms with Gasteiger partial charge in [0.25, 0.3) is 0 Å². The number of nitrogens with one attached hydrogen (secondary N) is 1. The third-order valence-corrected chi connectivity index (χ3v) is 5.77. The molecule has 0 bridgehead atoms. The van der Waals surface area contributed by atoms with Crippen LogP contribution in [0.3, 0.4) is 0 Å². The fourth-order valence-corrected chi connectivity index (χ4v) is 4.78. The molecule has 3 nitrogen and oxygen atoms in total. The van der Waals surface area contributed by atoms with Gasteiger partial charge >= 0.3 is 0 Å². The fraction of sp³-hybridized carbons (Fsp3) is 0.478. The lowest BCUT2D eigenvalue weighted by Gasteiger charge is -2.42. The predicted molar refractivity (Wildman–Crippen MR) is 112 cm³/mol. The molecule has 1 aromatic heterocycles. The molecular weight excluding hydrogens is 318 g/mol. The summed E-state index contributed by atoms with van der Waals surface area (Å²) in [5, 5.41) is 6.26. The molecule has 0 unspecified atom stereocenters. The monoisotopic (exact) mass is 349 g/mol. The van der Waals surface area contributed by atoms with Crippen molar-refractivity contribution in [1.82, 2.24) is 14.8 Å².